The largest absolute Gasteiger partial charge is 0.384 e. The van der Waals surface area contributed by atoms with Gasteiger partial charge in [-0.2, -0.15) is 0 Å². The van der Waals surface area contributed by atoms with Gasteiger partial charge < -0.3 is 5.32 Å². The summed E-state index contributed by atoms with van der Waals surface area (Å²) in [7, 11) is 0. The standard InChI is InChI=1S/C15H18F2N2/c1-5-18-15-11-6-10(16)7-12(17)14(11)19-9(4)13(15)8(2)3/h6-8H,5H2,1-4H3,(H,18,19). The van der Waals surface area contributed by atoms with Crippen LogP contribution in [-0.4, -0.2) is 11.5 Å². The Labute approximate surface area is 111 Å². The molecule has 1 aromatic carbocycles. The number of anilines is 1. The average molecular weight is 264 g/mol. The number of aryl methyl sites for hydroxylation is 1. The van der Waals surface area contributed by atoms with Crippen molar-refractivity contribution < 1.29 is 8.78 Å². The predicted octanol–water partition coefficient (Wildman–Crippen LogP) is 4.38. The molecule has 0 spiro atoms. The molecule has 0 atom stereocenters. The average Bonchev–Trinajstić information content (AvgIpc) is 2.30. The summed E-state index contributed by atoms with van der Waals surface area (Å²) in [5.41, 5.74) is 2.81. The number of hydrogen-bond donors (Lipinski definition) is 1. The highest BCUT2D eigenvalue weighted by Gasteiger charge is 2.17. The summed E-state index contributed by atoms with van der Waals surface area (Å²) < 4.78 is 27.3. The van der Waals surface area contributed by atoms with Crippen LogP contribution < -0.4 is 5.32 Å². The van der Waals surface area contributed by atoms with Crippen LogP contribution in [0.25, 0.3) is 10.9 Å². The molecule has 0 saturated carbocycles. The van der Waals surface area contributed by atoms with Gasteiger partial charge in [0.05, 0.1) is 0 Å². The zero-order chi connectivity index (χ0) is 14.2. The molecule has 4 heteroatoms. The van der Waals surface area contributed by atoms with E-state index >= 15 is 0 Å². The van der Waals surface area contributed by atoms with Crippen molar-refractivity contribution in [2.24, 2.45) is 0 Å². The molecule has 0 saturated heterocycles. The van der Waals surface area contributed by atoms with Crippen molar-refractivity contribution in [2.75, 3.05) is 11.9 Å². The van der Waals surface area contributed by atoms with E-state index in [0.717, 1.165) is 23.0 Å². The smallest absolute Gasteiger partial charge is 0.152 e. The maximum absolute atomic E-state index is 13.8. The number of hydrogen-bond acceptors (Lipinski definition) is 2. The SMILES string of the molecule is CCNc1c(C(C)C)c(C)nc2c(F)cc(F)cc12. The van der Waals surface area contributed by atoms with Crippen molar-refractivity contribution in [3.05, 3.63) is 35.0 Å². The van der Waals surface area contributed by atoms with E-state index in [1.54, 1.807) is 0 Å². The van der Waals surface area contributed by atoms with Crippen molar-refractivity contribution in [3.63, 3.8) is 0 Å². The predicted molar refractivity (Wildman–Crippen MR) is 74.6 cm³/mol. The number of pyridine rings is 1. The summed E-state index contributed by atoms with van der Waals surface area (Å²) in [5, 5.41) is 3.73. The molecule has 0 bridgehead atoms. The van der Waals surface area contributed by atoms with Gasteiger partial charge in [-0.1, -0.05) is 13.8 Å². The third-order valence-corrected chi connectivity index (χ3v) is 3.17. The fraction of sp³-hybridized carbons (Fsp3) is 0.400. The van der Waals surface area contributed by atoms with Crippen LogP contribution in [0.15, 0.2) is 12.1 Å². The van der Waals surface area contributed by atoms with E-state index in [9.17, 15) is 8.78 Å². The van der Waals surface area contributed by atoms with Gasteiger partial charge in [0, 0.05) is 29.4 Å². The van der Waals surface area contributed by atoms with Crippen LogP contribution in [-0.2, 0) is 0 Å². The second-order valence-electron chi connectivity index (χ2n) is 4.95. The Kier molecular flexibility index (Phi) is 3.69. The molecule has 2 aromatic rings. The lowest BCUT2D eigenvalue weighted by Gasteiger charge is -2.19. The molecule has 102 valence electrons. The molecule has 2 rings (SSSR count). The first kappa shape index (κ1) is 13.7. The summed E-state index contributed by atoms with van der Waals surface area (Å²) in [4.78, 5) is 4.30. The second-order valence-corrected chi connectivity index (χ2v) is 4.95. The van der Waals surface area contributed by atoms with Gasteiger partial charge in [-0.3, -0.25) is 0 Å². The fourth-order valence-corrected chi connectivity index (χ4v) is 2.50. The van der Waals surface area contributed by atoms with E-state index in [2.05, 4.69) is 10.3 Å². The molecule has 0 unspecified atom stereocenters. The van der Waals surface area contributed by atoms with Crippen LogP contribution in [0.5, 0.6) is 0 Å². The monoisotopic (exact) mass is 264 g/mol. The van der Waals surface area contributed by atoms with Crippen LogP contribution in [0.2, 0.25) is 0 Å². The van der Waals surface area contributed by atoms with Gasteiger partial charge in [0.1, 0.15) is 11.3 Å². The summed E-state index contributed by atoms with van der Waals surface area (Å²) in [5.74, 6) is -0.964. The van der Waals surface area contributed by atoms with Crippen molar-refractivity contribution >= 4 is 16.6 Å². The Morgan fingerprint density at radius 3 is 2.53 bits per heavy atom. The van der Waals surface area contributed by atoms with Gasteiger partial charge in [-0.15, -0.1) is 0 Å². The third kappa shape index (κ3) is 2.39. The molecular formula is C15H18F2N2. The van der Waals surface area contributed by atoms with Gasteiger partial charge in [-0.05, 0) is 31.4 Å². The lowest BCUT2D eigenvalue weighted by molar-refractivity contribution is 0.590. The zero-order valence-corrected chi connectivity index (χ0v) is 11.6. The highest BCUT2D eigenvalue weighted by Crippen LogP contribution is 2.34. The number of rotatable bonds is 3. The highest BCUT2D eigenvalue weighted by molar-refractivity contribution is 5.94. The first-order chi connectivity index (χ1) is 8.95. The van der Waals surface area contributed by atoms with Gasteiger partial charge in [-0.25, -0.2) is 13.8 Å². The van der Waals surface area contributed by atoms with Gasteiger partial charge in [0.25, 0.3) is 0 Å². The minimum Gasteiger partial charge on any atom is -0.384 e. The summed E-state index contributed by atoms with van der Waals surface area (Å²) in [6.07, 6.45) is 0. The lowest BCUT2D eigenvalue weighted by Crippen LogP contribution is -2.07. The second kappa shape index (κ2) is 5.11. The Balaban J connectivity index is 2.89. The highest BCUT2D eigenvalue weighted by atomic mass is 19.1. The normalized spacial score (nSPS) is 11.3. The van der Waals surface area contributed by atoms with E-state index < -0.39 is 11.6 Å². The zero-order valence-electron chi connectivity index (χ0n) is 11.6. The summed E-state index contributed by atoms with van der Waals surface area (Å²) >= 11 is 0. The Bertz CT molecular complexity index is 621. The van der Waals surface area contributed by atoms with Crippen LogP contribution in [0, 0.1) is 18.6 Å². The number of halogens is 2. The molecule has 0 fully saturated rings. The van der Waals surface area contributed by atoms with Crippen molar-refractivity contribution in [1.82, 2.24) is 4.98 Å². The third-order valence-electron chi connectivity index (χ3n) is 3.17. The van der Waals surface area contributed by atoms with E-state index in [-0.39, 0.29) is 11.4 Å². The maximum Gasteiger partial charge on any atom is 0.152 e. The number of fused-ring (bicyclic) bond motifs is 1. The van der Waals surface area contributed by atoms with E-state index in [4.69, 9.17) is 0 Å². The van der Waals surface area contributed by atoms with E-state index in [1.807, 2.05) is 27.7 Å². The van der Waals surface area contributed by atoms with Crippen LogP contribution >= 0.6 is 0 Å². The molecule has 1 aromatic heterocycles. The van der Waals surface area contributed by atoms with E-state index in [1.165, 1.54) is 6.07 Å². The summed E-state index contributed by atoms with van der Waals surface area (Å²) in [6, 6.07) is 2.22. The quantitative estimate of drug-likeness (QED) is 0.890. The van der Waals surface area contributed by atoms with Gasteiger partial charge >= 0.3 is 0 Å². The molecule has 1 N–H and O–H groups in total. The molecule has 19 heavy (non-hydrogen) atoms. The molecule has 0 amide bonds. The molecule has 2 nitrogen and oxygen atoms in total. The first-order valence-corrected chi connectivity index (χ1v) is 6.48. The fourth-order valence-electron chi connectivity index (χ4n) is 2.50. The Morgan fingerprint density at radius 1 is 1.26 bits per heavy atom. The lowest BCUT2D eigenvalue weighted by atomic mass is 9.96. The maximum atomic E-state index is 13.8. The number of aromatic nitrogens is 1. The topological polar surface area (TPSA) is 24.9 Å². The van der Waals surface area contributed by atoms with Gasteiger partial charge in [0.15, 0.2) is 5.82 Å². The first-order valence-electron chi connectivity index (χ1n) is 6.48. The molecule has 0 aliphatic carbocycles. The van der Waals surface area contributed by atoms with Gasteiger partial charge in [0.2, 0.25) is 0 Å². The number of benzene rings is 1. The minimum atomic E-state index is -0.618. The molecule has 0 aliphatic rings. The Hall–Kier alpha value is -1.71. The van der Waals surface area contributed by atoms with Crippen LogP contribution in [0.4, 0.5) is 14.5 Å². The van der Waals surface area contributed by atoms with Crippen LogP contribution in [0.3, 0.4) is 0 Å². The Morgan fingerprint density at radius 2 is 1.95 bits per heavy atom. The van der Waals surface area contributed by atoms with E-state index in [0.29, 0.717) is 11.9 Å². The number of nitrogens with one attached hydrogen (secondary N) is 1. The van der Waals surface area contributed by atoms with Crippen molar-refractivity contribution in [3.8, 4) is 0 Å². The summed E-state index contributed by atoms with van der Waals surface area (Å²) in [6.45, 7) is 8.61. The molecule has 1 heterocycles. The molecule has 0 aliphatic heterocycles. The molecular weight excluding hydrogens is 246 g/mol. The van der Waals surface area contributed by atoms with Crippen LogP contribution in [0.1, 0.15) is 37.9 Å². The van der Waals surface area contributed by atoms with Crippen molar-refractivity contribution in [2.45, 2.75) is 33.6 Å². The minimum absolute atomic E-state index is 0.222. The molecule has 0 radical (unpaired) electrons. The number of nitrogens with zero attached hydrogens (tertiary/aromatic N) is 1. The van der Waals surface area contributed by atoms with Crippen molar-refractivity contribution in [1.29, 1.82) is 0 Å².